The van der Waals surface area contributed by atoms with Gasteiger partial charge in [0.2, 0.25) is 5.95 Å². The molecule has 0 bridgehead atoms. The van der Waals surface area contributed by atoms with Crippen LogP contribution in [0.1, 0.15) is 5.69 Å². The first-order chi connectivity index (χ1) is 14.7. The predicted molar refractivity (Wildman–Crippen MR) is 119 cm³/mol. The molecular formula is C23H22N6O. The largest absolute Gasteiger partial charge is 0.496 e. The van der Waals surface area contributed by atoms with Gasteiger partial charge in [-0.2, -0.15) is 0 Å². The van der Waals surface area contributed by atoms with Gasteiger partial charge in [0, 0.05) is 35.9 Å². The number of aromatic amines is 1. The van der Waals surface area contributed by atoms with Crippen LogP contribution in [0, 0.1) is 6.92 Å². The summed E-state index contributed by atoms with van der Waals surface area (Å²) in [5.74, 6) is 1.51. The van der Waals surface area contributed by atoms with Crippen molar-refractivity contribution in [2.24, 2.45) is 0 Å². The number of aromatic nitrogens is 5. The molecule has 3 heterocycles. The van der Waals surface area contributed by atoms with Gasteiger partial charge in [-0.15, -0.1) is 0 Å². The summed E-state index contributed by atoms with van der Waals surface area (Å²) in [6.07, 6.45) is 3.48. The molecule has 5 aromatic rings. The second kappa shape index (κ2) is 7.51. The second-order valence-corrected chi connectivity index (χ2v) is 7.16. The Kier molecular flexibility index (Phi) is 4.55. The van der Waals surface area contributed by atoms with E-state index in [9.17, 15) is 0 Å². The molecule has 0 aliphatic heterocycles. The lowest BCUT2D eigenvalue weighted by Gasteiger charge is -2.11. The van der Waals surface area contributed by atoms with Crippen molar-refractivity contribution in [1.29, 1.82) is 0 Å². The molecule has 0 saturated heterocycles. The average Bonchev–Trinajstić information content (AvgIpc) is 3.37. The van der Waals surface area contributed by atoms with Crippen molar-refractivity contribution in [3.05, 3.63) is 66.7 Å². The first kappa shape index (κ1) is 18.2. The quantitative estimate of drug-likeness (QED) is 0.443. The summed E-state index contributed by atoms with van der Waals surface area (Å²) < 4.78 is 7.77. The zero-order valence-corrected chi connectivity index (χ0v) is 16.9. The number of hydrogen-bond acceptors (Lipinski definition) is 5. The lowest BCUT2D eigenvalue weighted by Crippen LogP contribution is -2.13. The maximum Gasteiger partial charge on any atom is 0.223 e. The third-order valence-electron chi connectivity index (χ3n) is 5.32. The summed E-state index contributed by atoms with van der Waals surface area (Å²) in [5.41, 5.74) is 6.17. The van der Waals surface area contributed by atoms with E-state index < -0.39 is 0 Å². The van der Waals surface area contributed by atoms with Crippen molar-refractivity contribution in [3.8, 4) is 17.0 Å². The summed E-state index contributed by atoms with van der Waals surface area (Å²) >= 11 is 0. The Balaban J connectivity index is 1.33. The molecule has 0 fully saturated rings. The van der Waals surface area contributed by atoms with Crippen LogP contribution in [0.5, 0.6) is 5.75 Å². The molecule has 5 rings (SSSR count). The molecule has 0 saturated carbocycles. The Morgan fingerprint density at radius 3 is 2.93 bits per heavy atom. The molecule has 7 heteroatoms. The minimum atomic E-state index is 0.612. The molecule has 2 aromatic carbocycles. The number of anilines is 1. The highest BCUT2D eigenvalue weighted by molar-refractivity contribution is 5.87. The highest BCUT2D eigenvalue weighted by Crippen LogP contribution is 2.28. The first-order valence-corrected chi connectivity index (χ1v) is 9.86. The van der Waals surface area contributed by atoms with Gasteiger partial charge in [-0.05, 0) is 43.3 Å². The highest BCUT2D eigenvalue weighted by atomic mass is 16.5. The number of rotatable bonds is 6. The average molecular weight is 398 g/mol. The van der Waals surface area contributed by atoms with Gasteiger partial charge >= 0.3 is 0 Å². The van der Waals surface area contributed by atoms with Gasteiger partial charge in [-0.1, -0.05) is 12.1 Å². The summed E-state index contributed by atoms with van der Waals surface area (Å²) in [6.45, 7) is 3.63. The number of nitrogens with zero attached hydrogens (tertiary/aromatic N) is 4. The van der Waals surface area contributed by atoms with E-state index in [0.29, 0.717) is 12.5 Å². The van der Waals surface area contributed by atoms with Gasteiger partial charge in [-0.25, -0.2) is 15.0 Å². The van der Waals surface area contributed by atoms with E-state index in [1.165, 1.54) is 5.69 Å². The molecule has 0 radical (unpaired) electrons. The molecule has 30 heavy (non-hydrogen) atoms. The fraction of sp³-hybridized carbons (Fsp3) is 0.174. The van der Waals surface area contributed by atoms with Crippen LogP contribution < -0.4 is 10.1 Å². The molecule has 0 spiro atoms. The number of hydrogen-bond donors (Lipinski definition) is 2. The second-order valence-electron chi connectivity index (χ2n) is 7.16. The maximum atomic E-state index is 5.49. The van der Waals surface area contributed by atoms with E-state index in [2.05, 4.69) is 48.9 Å². The molecule has 2 N–H and O–H groups in total. The number of benzene rings is 2. The number of fused-ring (bicyclic) bond motifs is 2. The zero-order chi connectivity index (χ0) is 20.5. The monoisotopic (exact) mass is 398 g/mol. The number of ether oxygens (including phenoxy) is 1. The topological polar surface area (TPSA) is 80.6 Å². The Hall–Kier alpha value is -3.87. The Bertz CT molecular complexity index is 1340. The number of methoxy groups -OCH3 is 1. The van der Waals surface area contributed by atoms with Crippen LogP contribution in [0.25, 0.3) is 33.2 Å². The molecule has 0 aliphatic rings. The first-order valence-electron chi connectivity index (χ1n) is 9.86. The number of nitrogens with one attached hydrogen (secondary N) is 2. The fourth-order valence-corrected chi connectivity index (χ4v) is 3.84. The van der Waals surface area contributed by atoms with E-state index in [-0.39, 0.29) is 0 Å². The third kappa shape index (κ3) is 3.24. The van der Waals surface area contributed by atoms with E-state index in [4.69, 9.17) is 4.74 Å². The third-order valence-corrected chi connectivity index (χ3v) is 5.32. The molecule has 3 aromatic heterocycles. The summed E-state index contributed by atoms with van der Waals surface area (Å²) in [6, 6.07) is 16.3. The summed E-state index contributed by atoms with van der Waals surface area (Å²) in [5, 5.41) is 4.48. The van der Waals surface area contributed by atoms with Gasteiger partial charge in [-0.3, -0.25) is 0 Å². The molecule has 0 atom stereocenters. The van der Waals surface area contributed by atoms with Crippen LogP contribution >= 0.6 is 0 Å². The van der Waals surface area contributed by atoms with Crippen molar-refractivity contribution in [2.45, 2.75) is 13.5 Å². The standard InChI is InChI=1S/C23H22N6O/c1-15-12-17-21(4-3-5-22(17)30-2)29(15)11-10-25-23-24-9-8-18(28-23)16-6-7-19-20(13-16)27-14-26-19/h3-9,12-14H,10-11H2,1-2H3,(H,26,27)(H,24,25,28). The van der Waals surface area contributed by atoms with E-state index in [1.54, 1.807) is 19.6 Å². The van der Waals surface area contributed by atoms with E-state index in [0.717, 1.165) is 45.5 Å². The van der Waals surface area contributed by atoms with Gasteiger partial charge in [0.05, 0.1) is 35.7 Å². The molecule has 0 unspecified atom stereocenters. The van der Waals surface area contributed by atoms with Crippen LogP contribution in [-0.2, 0) is 6.54 Å². The lowest BCUT2D eigenvalue weighted by molar-refractivity contribution is 0.420. The van der Waals surface area contributed by atoms with Crippen LogP contribution in [0.4, 0.5) is 5.95 Å². The number of H-pyrrole nitrogens is 1. The SMILES string of the molecule is COc1cccc2c1cc(C)n2CCNc1nccc(-c2ccc3[nH]cnc3c2)n1. The molecular weight excluding hydrogens is 376 g/mol. The smallest absolute Gasteiger partial charge is 0.223 e. The Morgan fingerprint density at radius 2 is 2.03 bits per heavy atom. The predicted octanol–water partition coefficient (Wildman–Crippen LogP) is 4.40. The maximum absolute atomic E-state index is 5.49. The molecule has 150 valence electrons. The van der Waals surface area contributed by atoms with Gasteiger partial charge < -0.3 is 19.6 Å². The summed E-state index contributed by atoms with van der Waals surface area (Å²) in [4.78, 5) is 16.5. The van der Waals surface area contributed by atoms with E-state index in [1.807, 2.05) is 36.4 Å². The summed E-state index contributed by atoms with van der Waals surface area (Å²) in [7, 11) is 1.71. The van der Waals surface area contributed by atoms with Crippen molar-refractivity contribution >= 4 is 27.9 Å². The van der Waals surface area contributed by atoms with Crippen molar-refractivity contribution in [2.75, 3.05) is 19.0 Å². The van der Waals surface area contributed by atoms with Crippen molar-refractivity contribution in [3.63, 3.8) is 0 Å². The van der Waals surface area contributed by atoms with Gasteiger partial charge in [0.25, 0.3) is 0 Å². The zero-order valence-electron chi connectivity index (χ0n) is 16.9. The van der Waals surface area contributed by atoms with Crippen LogP contribution in [0.2, 0.25) is 0 Å². The fourth-order valence-electron chi connectivity index (χ4n) is 3.84. The highest BCUT2D eigenvalue weighted by Gasteiger charge is 2.10. The minimum Gasteiger partial charge on any atom is -0.496 e. The number of imidazole rings is 1. The lowest BCUT2D eigenvalue weighted by atomic mass is 10.1. The normalized spacial score (nSPS) is 11.3. The minimum absolute atomic E-state index is 0.612. The molecule has 0 amide bonds. The van der Waals surface area contributed by atoms with Gasteiger partial charge in [0.1, 0.15) is 5.75 Å². The Labute approximate surface area is 173 Å². The number of aryl methyl sites for hydroxylation is 1. The van der Waals surface area contributed by atoms with Crippen LogP contribution in [-0.4, -0.2) is 38.2 Å². The molecule has 7 nitrogen and oxygen atoms in total. The van der Waals surface area contributed by atoms with E-state index >= 15 is 0 Å². The molecule has 0 aliphatic carbocycles. The van der Waals surface area contributed by atoms with Crippen LogP contribution in [0.3, 0.4) is 0 Å². The Morgan fingerprint density at radius 1 is 1.10 bits per heavy atom. The van der Waals surface area contributed by atoms with Crippen LogP contribution in [0.15, 0.2) is 61.1 Å². The van der Waals surface area contributed by atoms with Gasteiger partial charge in [0.15, 0.2) is 0 Å². The van der Waals surface area contributed by atoms with Crippen molar-refractivity contribution in [1.82, 2.24) is 24.5 Å². The van der Waals surface area contributed by atoms with Crippen molar-refractivity contribution < 1.29 is 4.74 Å².